The molecular formula is C29H36F2N4O4S. The zero-order chi connectivity index (χ0) is 28.2. The van der Waals surface area contributed by atoms with E-state index in [0.717, 1.165) is 25.9 Å². The molecule has 0 unspecified atom stereocenters. The normalized spacial score (nSPS) is 23.0. The van der Waals surface area contributed by atoms with Gasteiger partial charge in [0.15, 0.2) is 9.84 Å². The van der Waals surface area contributed by atoms with E-state index < -0.39 is 21.2 Å². The van der Waals surface area contributed by atoms with Crippen molar-refractivity contribution in [3.63, 3.8) is 0 Å². The number of pyridine rings is 1. The van der Waals surface area contributed by atoms with Crippen LogP contribution < -0.4 is 15.1 Å². The van der Waals surface area contributed by atoms with Crippen molar-refractivity contribution < 1.29 is 26.7 Å². The molecule has 1 spiro atoms. The molecule has 4 heterocycles. The van der Waals surface area contributed by atoms with Gasteiger partial charge >= 0.3 is 0 Å². The molecule has 1 aromatic carbocycles. The van der Waals surface area contributed by atoms with Crippen LogP contribution in [0.1, 0.15) is 55.8 Å². The van der Waals surface area contributed by atoms with E-state index in [4.69, 9.17) is 4.74 Å². The Labute approximate surface area is 234 Å². The van der Waals surface area contributed by atoms with Gasteiger partial charge in [-0.2, -0.15) is 0 Å². The number of hydrogen-bond donors (Lipinski definition) is 1. The van der Waals surface area contributed by atoms with Crippen molar-refractivity contribution in [1.29, 1.82) is 0 Å². The number of piperidine rings is 2. The maximum Gasteiger partial charge on any atom is 0.257 e. The molecule has 1 aromatic heterocycles. The molecule has 1 N–H and O–H groups in total. The molecule has 4 aliphatic rings. The third-order valence-electron chi connectivity index (χ3n) is 8.96. The Balaban J connectivity index is 1.25. The van der Waals surface area contributed by atoms with E-state index in [1.54, 1.807) is 35.4 Å². The third-order valence-corrected chi connectivity index (χ3v) is 11.0. The largest absolute Gasteiger partial charge is 0.380 e. The summed E-state index contributed by atoms with van der Waals surface area (Å²) in [6.07, 6.45) is 5.63. The van der Waals surface area contributed by atoms with Gasteiger partial charge in [-0.15, -0.1) is 0 Å². The summed E-state index contributed by atoms with van der Waals surface area (Å²) in [7, 11) is -3.58. The van der Waals surface area contributed by atoms with Crippen molar-refractivity contribution in [2.45, 2.75) is 56.3 Å². The summed E-state index contributed by atoms with van der Waals surface area (Å²) in [5.74, 6) is -2.48. The van der Waals surface area contributed by atoms with E-state index in [1.807, 2.05) is 6.92 Å². The van der Waals surface area contributed by atoms with Crippen LogP contribution in [0.3, 0.4) is 0 Å². The smallest absolute Gasteiger partial charge is 0.257 e. The van der Waals surface area contributed by atoms with Crippen LogP contribution in [0.2, 0.25) is 0 Å². The first-order valence-corrected chi connectivity index (χ1v) is 15.7. The summed E-state index contributed by atoms with van der Waals surface area (Å²) in [6, 6.07) is 8.14. The number of alkyl halides is 2. The standard InChI is InChI=1S/C29H36F2N4O4S/c1-27(18-39-19-27)20-40(37,38)22-2-3-23(24(17-22)34-12-7-28(5-6-28)8-13-34)26(36)33-21-4-11-32-25(16-21)35-14-9-29(30,31)10-15-35/h2-4,11,16-17H,5-10,12-15,18-20H2,1H3,(H,32,33,36). The Morgan fingerprint density at radius 1 is 0.975 bits per heavy atom. The quantitative estimate of drug-likeness (QED) is 0.510. The second-order valence-electron chi connectivity index (χ2n) is 12.4. The molecule has 2 aromatic rings. The van der Waals surface area contributed by atoms with Crippen LogP contribution in [0.25, 0.3) is 0 Å². The van der Waals surface area contributed by atoms with Crippen molar-refractivity contribution >= 4 is 32.9 Å². The van der Waals surface area contributed by atoms with Gasteiger partial charge in [0, 0.05) is 62.4 Å². The SMILES string of the molecule is CC1(CS(=O)(=O)c2ccc(C(=O)Nc3ccnc(N4CCC(F)(F)CC4)c3)c(N3CCC4(CC3)CC4)c2)COC1. The molecule has 4 fully saturated rings. The van der Waals surface area contributed by atoms with Crippen molar-refractivity contribution in [3.05, 3.63) is 42.1 Å². The van der Waals surface area contributed by atoms with Gasteiger partial charge < -0.3 is 19.9 Å². The first kappa shape index (κ1) is 27.4. The summed E-state index contributed by atoms with van der Waals surface area (Å²) in [6.45, 7) is 4.68. The van der Waals surface area contributed by atoms with Gasteiger partial charge in [-0.3, -0.25) is 4.79 Å². The molecule has 3 aliphatic heterocycles. The van der Waals surface area contributed by atoms with E-state index in [0.29, 0.717) is 41.4 Å². The molecule has 40 heavy (non-hydrogen) atoms. The first-order chi connectivity index (χ1) is 19.0. The first-order valence-electron chi connectivity index (χ1n) is 14.0. The van der Waals surface area contributed by atoms with Gasteiger partial charge in [-0.1, -0.05) is 6.92 Å². The van der Waals surface area contributed by atoms with E-state index >= 15 is 0 Å². The minimum atomic E-state index is -3.58. The highest BCUT2D eigenvalue weighted by molar-refractivity contribution is 7.91. The lowest BCUT2D eigenvalue weighted by Crippen LogP contribution is -2.45. The highest BCUT2D eigenvalue weighted by Crippen LogP contribution is 2.54. The number of anilines is 3. The number of carbonyl (C=O) groups is 1. The summed E-state index contributed by atoms with van der Waals surface area (Å²) in [4.78, 5) is 22.1. The Morgan fingerprint density at radius 3 is 2.27 bits per heavy atom. The maximum absolute atomic E-state index is 13.6. The number of ether oxygens (including phenoxy) is 1. The number of hydrogen-bond acceptors (Lipinski definition) is 7. The van der Waals surface area contributed by atoms with E-state index in [-0.39, 0.29) is 42.5 Å². The van der Waals surface area contributed by atoms with Crippen LogP contribution in [-0.4, -0.2) is 70.4 Å². The number of nitrogens with one attached hydrogen (secondary N) is 1. The van der Waals surface area contributed by atoms with Gasteiger partial charge in [0.2, 0.25) is 0 Å². The van der Waals surface area contributed by atoms with Crippen LogP contribution in [0, 0.1) is 10.8 Å². The number of nitrogens with zero attached hydrogens (tertiary/aromatic N) is 3. The van der Waals surface area contributed by atoms with Crippen LogP contribution in [0.4, 0.5) is 26.0 Å². The molecule has 1 amide bonds. The Morgan fingerprint density at radius 2 is 1.65 bits per heavy atom. The number of benzene rings is 1. The average molecular weight is 575 g/mol. The van der Waals surface area contributed by atoms with Gasteiger partial charge in [-0.05, 0) is 55.4 Å². The van der Waals surface area contributed by atoms with Crippen molar-refractivity contribution in [2.24, 2.45) is 10.8 Å². The molecule has 0 radical (unpaired) electrons. The van der Waals surface area contributed by atoms with E-state index in [1.165, 1.54) is 18.9 Å². The molecule has 11 heteroatoms. The predicted octanol–water partition coefficient (Wildman–Crippen LogP) is 4.76. The monoisotopic (exact) mass is 574 g/mol. The van der Waals surface area contributed by atoms with Crippen LogP contribution in [-0.2, 0) is 14.6 Å². The summed E-state index contributed by atoms with van der Waals surface area (Å²) in [5, 5.41) is 2.93. The van der Waals surface area contributed by atoms with E-state index in [2.05, 4.69) is 15.2 Å². The molecule has 1 aliphatic carbocycles. The minimum absolute atomic E-state index is 0.00365. The van der Waals surface area contributed by atoms with Gasteiger partial charge in [-0.25, -0.2) is 22.2 Å². The van der Waals surface area contributed by atoms with Crippen LogP contribution >= 0.6 is 0 Å². The molecule has 6 rings (SSSR count). The fourth-order valence-corrected chi connectivity index (χ4v) is 7.88. The second-order valence-corrected chi connectivity index (χ2v) is 14.4. The number of aromatic nitrogens is 1. The van der Waals surface area contributed by atoms with Gasteiger partial charge in [0.05, 0.1) is 35.1 Å². The fraction of sp³-hybridized carbons (Fsp3) is 0.586. The Kier molecular flexibility index (Phi) is 6.80. The molecule has 0 atom stereocenters. The molecular weight excluding hydrogens is 538 g/mol. The van der Waals surface area contributed by atoms with Crippen molar-refractivity contribution in [3.8, 4) is 0 Å². The highest BCUT2D eigenvalue weighted by Gasteiger charge is 2.45. The number of rotatable bonds is 7. The number of sulfone groups is 1. The molecule has 0 bridgehead atoms. The predicted molar refractivity (Wildman–Crippen MR) is 149 cm³/mol. The van der Waals surface area contributed by atoms with Crippen LogP contribution in [0.5, 0.6) is 0 Å². The molecule has 1 saturated carbocycles. The zero-order valence-corrected chi connectivity index (χ0v) is 23.6. The summed E-state index contributed by atoms with van der Waals surface area (Å²) in [5.41, 5.74) is 1.55. The Hall–Kier alpha value is -2.79. The lowest BCUT2D eigenvalue weighted by Gasteiger charge is -2.38. The summed E-state index contributed by atoms with van der Waals surface area (Å²) >= 11 is 0. The third kappa shape index (κ3) is 5.68. The van der Waals surface area contributed by atoms with Crippen LogP contribution in [0.15, 0.2) is 41.4 Å². The summed E-state index contributed by atoms with van der Waals surface area (Å²) < 4.78 is 59.2. The lowest BCUT2D eigenvalue weighted by atomic mass is 9.92. The van der Waals surface area contributed by atoms with Crippen molar-refractivity contribution in [2.75, 3.05) is 60.3 Å². The Bertz CT molecular complexity index is 1390. The molecule has 3 saturated heterocycles. The van der Waals surface area contributed by atoms with Gasteiger partial charge in [0.25, 0.3) is 11.8 Å². The zero-order valence-electron chi connectivity index (χ0n) is 22.8. The second kappa shape index (κ2) is 9.94. The minimum Gasteiger partial charge on any atom is -0.380 e. The topological polar surface area (TPSA) is 91.8 Å². The number of carbonyl (C=O) groups excluding carboxylic acids is 1. The number of amides is 1. The fourth-order valence-electron chi connectivity index (χ4n) is 6.06. The molecule has 216 valence electrons. The highest BCUT2D eigenvalue weighted by atomic mass is 32.2. The molecule has 8 nitrogen and oxygen atoms in total. The van der Waals surface area contributed by atoms with Gasteiger partial charge in [0.1, 0.15) is 5.82 Å². The number of halogens is 2. The average Bonchev–Trinajstić information content (AvgIpc) is 3.66. The maximum atomic E-state index is 13.6. The van der Waals surface area contributed by atoms with E-state index in [9.17, 15) is 22.0 Å². The van der Waals surface area contributed by atoms with Crippen molar-refractivity contribution in [1.82, 2.24) is 4.98 Å². The lowest BCUT2D eigenvalue weighted by molar-refractivity contribution is -0.0870.